The average molecular weight is 787 g/mol. The molecule has 0 spiro atoms. The second-order valence-corrected chi connectivity index (χ2v) is 11.2. The largest absolute Gasteiger partial charge is 2.00 e. The van der Waals surface area contributed by atoms with Crippen LogP contribution in [-0.4, -0.2) is 60.6 Å². The Morgan fingerprint density at radius 2 is 1.75 bits per heavy atom. The molecule has 208 valence electrons. The van der Waals surface area contributed by atoms with Crippen LogP contribution in [0.2, 0.25) is 0 Å². The smallest absolute Gasteiger partial charge is 0.683 e. The van der Waals surface area contributed by atoms with Crippen molar-refractivity contribution in [2.75, 3.05) is 31.5 Å². The van der Waals surface area contributed by atoms with Crippen molar-refractivity contribution in [3.63, 3.8) is 0 Å². The molecule has 0 saturated carbocycles. The van der Waals surface area contributed by atoms with Crippen LogP contribution in [0.15, 0.2) is 65.6 Å². The number of ether oxygens (including phenoxy) is 1. The number of hydrogen-bond acceptors (Lipinski definition) is 6. The first kappa shape index (κ1) is 31.8. The molecule has 40 heavy (non-hydrogen) atoms. The minimum Gasteiger partial charge on any atom is -0.683 e. The van der Waals surface area contributed by atoms with Gasteiger partial charge in [0.15, 0.2) is 0 Å². The molecule has 1 aliphatic heterocycles. The fourth-order valence-corrected chi connectivity index (χ4v) is 5.79. The number of piperazine rings is 1. The van der Waals surface area contributed by atoms with Gasteiger partial charge in [-0.3, -0.25) is 9.59 Å². The van der Waals surface area contributed by atoms with E-state index >= 15 is 0 Å². The molecule has 2 aromatic carbocycles. The number of aryl methyl sites for hydroxylation is 1. The molecule has 1 saturated heterocycles. The van der Waals surface area contributed by atoms with E-state index in [0.29, 0.717) is 36.8 Å². The standard InChI is InChI=1S/C29H32N4O5S.U/c1-22(34)32-18-20-33(21-19-32)39(36,37)26-16-12-24(13-17-26)27-7-5-8-28(30-27)31-29(35)9-4-3-6-23-10-14-25(38-2)15-11-23;/h5,7-8,10-14,16-17H,2-4,6,9,18-21H2,1H3,(H,30,31,35);/q-2;+2. The van der Waals surface area contributed by atoms with E-state index in [2.05, 4.69) is 23.5 Å². The van der Waals surface area contributed by atoms with Crippen molar-refractivity contribution >= 4 is 27.7 Å². The fourth-order valence-electron chi connectivity index (χ4n) is 4.36. The zero-order valence-corrected chi connectivity index (χ0v) is 27.4. The number of sulfonamides is 1. The number of amides is 2. The second kappa shape index (κ2) is 14.8. The third kappa shape index (κ3) is 8.40. The summed E-state index contributed by atoms with van der Waals surface area (Å²) in [6, 6.07) is 20.5. The van der Waals surface area contributed by atoms with Crippen molar-refractivity contribution < 1.29 is 53.9 Å². The van der Waals surface area contributed by atoms with Crippen molar-refractivity contribution in [2.45, 2.75) is 37.5 Å². The molecule has 0 aliphatic carbocycles. The first-order valence-corrected chi connectivity index (χ1v) is 14.3. The number of rotatable bonds is 10. The Morgan fingerprint density at radius 3 is 2.38 bits per heavy atom. The molecule has 0 bridgehead atoms. The van der Waals surface area contributed by atoms with Crippen molar-refractivity contribution in [2.24, 2.45) is 0 Å². The first-order valence-electron chi connectivity index (χ1n) is 12.8. The number of aromatic nitrogens is 1. The number of pyridine rings is 1. The van der Waals surface area contributed by atoms with Crippen molar-refractivity contribution in [1.29, 1.82) is 0 Å². The number of carbonyl (C=O) groups excluding carboxylic acids is 2. The number of hydrogen-bond donors (Lipinski definition) is 1. The minimum absolute atomic E-state index is 0. The maximum Gasteiger partial charge on any atom is 2.00 e. The van der Waals surface area contributed by atoms with E-state index in [-0.39, 0.29) is 60.9 Å². The molecule has 0 unspecified atom stereocenters. The van der Waals surface area contributed by atoms with Gasteiger partial charge >= 0.3 is 31.1 Å². The van der Waals surface area contributed by atoms with E-state index in [1.807, 2.05) is 24.3 Å². The zero-order chi connectivity index (χ0) is 27.8. The number of anilines is 1. The monoisotopic (exact) mass is 786 g/mol. The fraction of sp³-hybridized carbons (Fsp3) is 0.310. The summed E-state index contributed by atoms with van der Waals surface area (Å²) in [7, 11) is -0.300. The Bertz CT molecular complexity index is 1390. The van der Waals surface area contributed by atoms with Gasteiger partial charge in [-0.05, 0) is 36.4 Å². The number of unbranched alkanes of at least 4 members (excludes halogenated alkanes) is 1. The second-order valence-electron chi connectivity index (χ2n) is 9.30. The molecule has 2 heterocycles. The van der Waals surface area contributed by atoms with E-state index in [4.69, 9.17) is 4.74 Å². The van der Waals surface area contributed by atoms with Crippen LogP contribution >= 0.6 is 0 Å². The van der Waals surface area contributed by atoms with Crippen molar-refractivity contribution in [1.82, 2.24) is 14.2 Å². The summed E-state index contributed by atoms with van der Waals surface area (Å²) in [4.78, 5) is 30.3. The van der Waals surface area contributed by atoms with Gasteiger partial charge in [-0.25, -0.2) is 13.4 Å². The molecule has 11 heteroatoms. The Hall–Kier alpha value is -2.71. The van der Waals surface area contributed by atoms with E-state index in [0.717, 1.165) is 30.4 Å². The normalized spacial score (nSPS) is 13.8. The third-order valence-electron chi connectivity index (χ3n) is 6.61. The minimum atomic E-state index is -3.66. The molecular formula is C29H32N4O5SU. The van der Waals surface area contributed by atoms with Crippen LogP contribution in [0.25, 0.3) is 11.3 Å². The van der Waals surface area contributed by atoms with Crippen LogP contribution in [-0.2, 0) is 26.0 Å². The summed E-state index contributed by atoms with van der Waals surface area (Å²) in [6.45, 7) is 2.79. The van der Waals surface area contributed by atoms with E-state index in [9.17, 15) is 18.0 Å². The zero-order valence-electron chi connectivity index (χ0n) is 22.4. The van der Waals surface area contributed by atoms with E-state index < -0.39 is 10.0 Å². The maximum absolute atomic E-state index is 13.1. The molecule has 9 nitrogen and oxygen atoms in total. The quantitative estimate of drug-likeness (QED) is 0.247. The summed E-state index contributed by atoms with van der Waals surface area (Å²) >= 11 is 0. The summed E-state index contributed by atoms with van der Waals surface area (Å²) in [5, 5.41) is 2.85. The predicted molar refractivity (Wildman–Crippen MR) is 148 cm³/mol. The summed E-state index contributed by atoms with van der Waals surface area (Å²) < 4.78 is 32.4. The molecule has 2 amide bonds. The molecule has 1 fully saturated rings. The van der Waals surface area contributed by atoms with Gasteiger partial charge in [0.05, 0.1) is 10.6 Å². The van der Waals surface area contributed by atoms with Gasteiger partial charge in [-0.2, -0.15) is 29.1 Å². The number of carbonyl (C=O) groups is 2. The van der Waals surface area contributed by atoms with Gasteiger partial charge < -0.3 is 15.0 Å². The van der Waals surface area contributed by atoms with Crippen molar-refractivity contribution in [3.8, 4) is 17.0 Å². The molecule has 1 aromatic heterocycles. The Kier molecular flexibility index (Phi) is 11.8. The average Bonchev–Trinajstić information content (AvgIpc) is 2.96. The van der Waals surface area contributed by atoms with E-state index in [1.165, 1.54) is 11.2 Å². The number of benzene rings is 2. The van der Waals surface area contributed by atoms with Gasteiger partial charge in [-0.1, -0.05) is 31.0 Å². The summed E-state index contributed by atoms with van der Waals surface area (Å²) in [6.07, 6.45) is 2.82. The first-order chi connectivity index (χ1) is 18.8. The van der Waals surface area contributed by atoms with Gasteiger partial charge in [0.25, 0.3) is 0 Å². The molecule has 1 N–H and O–H groups in total. The Labute approximate surface area is 259 Å². The van der Waals surface area contributed by atoms with Gasteiger partial charge in [0, 0.05) is 45.1 Å². The topological polar surface area (TPSA) is 109 Å². The molecule has 3 aromatic rings. The molecular weight excluding hydrogens is 754 g/mol. The molecule has 1 aliphatic rings. The number of nitrogens with zero attached hydrogens (tertiary/aromatic N) is 3. The van der Waals surface area contributed by atoms with Crippen LogP contribution < -0.4 is 10.1 Å². The van der Waals surface area contributed by atoms with Crippen LogP contribution in [0.3, 0.4) is 0 Å². The Morgan fingerprint density at radius 1 is 1.02 bits per heavy atom. The van der Waals surface area contributed by atoms with Crippen LogP contribution in [0.4, 0.5) is 5.82 Å². The molecule has 4 rings (SSSR count). The van der Waals surface area contributed by atoms with Crippen molar-refractivity contribution in [3.05, 3.63) is 79.4 Å². The van der Waals surface area contributed by atoms with E-state index in [1.54, 1.807) is 41.3 Å². The Balaban J connectivity index is 0.00000441. The molecule has 0 atom stereocenters. The predicted octanol–water partition coefficient (Wildman–Crippen LogP) is 3.92. The van der Waals surface area contributed by atoms with Gasteiger partial charge in [0.2, 0.25) is 21.8 Å². The molecule has 0 radical (unpaired) electrons. The third-order valence-corrected chi connectivity index (χ3v) is 8.52. The summed E-state index contributed by atoms with van der Waals surface area (Å²) in [5.74, 6) is 0.869. The number of nitrogens with one attached hydrogen (secondary N) is 1. The summed E-state index contributed by atoms with van der Waals surface area (Å²) in [5.41, 5.74) is 2.48. The van der Waals surface area contributed by atoms with Gasteiger partial charge in [-0.15, -0.1) is 12.1 Å². The van der Waals surface area contributed by atoms with Gasteiger partial charge in [0.1, 0.15) is 5.82 Å². The van der Waals surface area contributed by atoms with Crippen LogP contribution in [0, 0.1) is 44.3 Å². The maximum atomic E-state index is 13.1. The van der Waals surface area contributed by atoms with Crippen LogP contribution in [0.5, 0.6) is 5.75 Å². The SMILES string of the molecule is [CH2-]Oc1[c-]cc(CCCCC(=O)Nc2cccc(-c3ccc(S(=O)(=O)N4CCN(C(C)=O)CC4)cc3)n2)cc1.[U+2]. The van der Waals surface area contributed by atoms with Crippen LogP contribution in [0.1, 0.15) is 31.7 Å².